The Morgan fingerprint density at radius 1 is 1.42 bits per heavy atom. The number of carbonyl (C=O) groups excluding carboxylic acids is 2. The van der Waals surface area contributed by atoms with Crippen LogP contribution < -0.4 is 10.6 Å². The highest BCUT2D eigenvalue weighted by molar-refractivity contribution is 6.21. The molecule has 7 heteroatoms. The van der Waals surface area contributed by atoms with Crippen molar-refractivity contribution in [1.82, 2.24) is 15.2 Å². The van der Waals surface area contributed by atoms with Crippen molar-refractivity contribution in [2.45, 2.75) is 37.6 Å². The van der Waals surface area contributed by atoms with Crippen LogP contribution in [0.1, 0.15) is 24.8 Å². The number of carbonyl (C=O) groups is 2. The van der Waals surface area contributed by atoms with E-state index in [1.807, 2.05) is 13.0 Å². The van der Waals surface area contributed by atoms with Gasteiger partial charge in [0.25, 0.3) is 0 Å². The topological polar surface area (TPSA) is 74.3 Å². The molecule has 0 radical (unpaired) electrons. The number of alkyl halides is 1. The van der Waals surface area contributed by atoms with E-state index in [9.17, 15) is 9.59 Å². The summed E-state index contributed by atoms with van der Waals surface area (Å²) in [7, 11) is 0. The number of hydrogen-bond acceptors (Lipinski definition) is 4. The molecule has 2 amide bonds. The van der Waals surface area contributed by atoms with E-state index >= 15 is 0 Å². The maximum Gasteiger partial charge on any atom is 0.239 e. The van der Waals surface area contributed by atoms with Gasteiger partial charge in [-0.2, -0.15) is 0 Å². The first kappa shape index (κ1) is 17.2. The van der Waals surface area contributed by atoms with Gasteiger partial charge in [-0.15, -0.1) is 11.6 Å². The Morgan fingerprint density at radius 2 is 2.25 bits per heavy atom. The molecule has 0 bridgehead atoms. The number of aryl methyl sites for hydroxylation is 1. The number of amides is 2. The lowest BCUT2D eigenvalue weighted by molar-refractivity contribution is -0.136. The average Bonchev–Trinajstić information content (AvgIpc) is 3.03. The van der Waals surface area contributed by atoms with Gasteiger partial charge in [-0.05, 0) is 37.8 Å². The van der Waals surface area contributed by atoms with Crippen LogP contribution in [0.3, 0.4) is 0 Å². The molecule has 3 atom stereocenters. The van der Waals surface area contributed by atoms with Crippen molar-refractivity contribution in [1.29, 1.82) is 0 Å². The van der Waals surface area contributed by atoms with Crippen LogP contribution >= 0.6 is 11.6 Å². The van der Waals surface area contributed by atoms with Gasteiger partial charge in [0.15, 0.2) is 0 Å². The largest absolute Gasteiger partial charge is 0.341 e. The van der Waals surface area contributed by atoms with Gasteiger partial charge >= 0.3 is 0 Å². The zero-order valence-electron chi connectivity index (χ0n) is 13.8. The predicted octanol–water partition coefficient (Wildman–Crippen LogP) is 1.54. The van der Waals surface area contributed by atoms with Gasteiger partial charge in [0.1, 0.15) is 5.82 Å². The molecule has 0 aliphatic carbocycles. The van der Waals surface area contributed by atoms with Gasteiger partial charge < -0.3 is 15.5 Å². The highest BCUT2D eigenvalue weighted by Gasteiger charge is 2.35. The molecule has 0 spiro atoms. The molecule has 130 valence electrons. The van der Waals surface area contributed by atoms with Crippen LogP contribution in [-0.2, 0) is 9.59 Å². The molecular weight excluding hydrogens is 328 g/mol. The lowest BCUT2D eigenvalue weighted by Crippen LogP contribution is -2.49. The standard InChI is InChI=1S/C17H23ClN4O2/c1-11-4-5-15(20-8-11)21-16(23)12-3-2-6-22(10-12)17(24)14-7-13(18)9-19-14/h4-5,8,12-14,19H,2-3,6-7,9-10H2,1H3,(H,20,21,23). The summed E-state index contributed by atoms with van der Waals surface area (Å²) in [5.41, 5.74) is 1.05. The maximum atomic E-state index is 12.6. The Bertz CT molecular complexity index is 607. The number of anilines is 1. The zero-order chi connectivity index (χ0) is 17.1. The van der Waals surface area contributed by atoms with Gasteiger partial charge in [0, 0.05) is 31.2 Å². The van der Waals surface area contributed by atoms with Crippen LogP contribution in [0.5, 0.6) is 0 Å². The van der Waals surface area contributed by atoms with E-state index in [-0.39, 0.29) is 29.2 Å². The van der Waals surface area contributed by atoms with Gasteiger partial charge in [-0.1, -0.05) is 6.07 Å². The molecule has 2 aliphatic heterocycles. The summed E-state index contributed by atoms with van der Waals surface area (Å²) in [6.45, 7) is 3.78. The minimum absolute atomic E-state index is 0.00967. The van der Waals surface area contributed by atoms with Gasteiger partial charge in [0.05, 0.1) is 12.0 Å². The van der Waals surface area contributed by atoms with E-state index in [1.165, 1.54) is 0 Å². The monoisotopic (exact) mass is 350 g/mol. The summed E-state index contributed by atoms with van der Waals surface area (Å²) in [4.78, 5) is 31.0. The first-order valence-corrected chi connectivity index (χ1v) is 8.86. The number of nitrogens with one attached hydrogen (secondary N) is 2. The number of hydrogen-bond donors (Lipinski definition) is 2. The summed E-state index contributed by atoms with van der Waals surface area (Å²) < 4.78 is 0. The Morgan fingerprint density at radius 3 is 2.92 bits per heavy atom. The van der Waals surface area contributed by atoms with E-state index in [2.05, 4.69) is 15.6 Å². The molecule has 1 aromatic heterocycles. The molecule has 2 saturated heterocycles. The zero-order valence-corrected chi connectivity index (χ0v) is 14.6. The van der Waals surface area contributed by atoms with Crippen molar-refractivity contribution in [3.8, 4) is 0 Å². The van der Waals surface area contributed by atoms with E-state index in [4.69, 9.17) is 11.6 Å². The van der Waals surface area contributed by atoms with Crippen molar-refractivity contribution in [3.63, 3.8) is 0 Å². The second-order valence-corrected chi connectivity index (χ2v) is 7.24. The molecule has 2 N–H and O–H groups in total. The third-order valence-corrected chi connectivity index (χ3v) is 4.97. The first-order valence-electron chi connectivity index (χ1n) is 8.42. The van der Waals surface area contributed by atoms with Crippen LogP contribution in [0.2, 0.25) is 0 Å². The number of halogens is 1. The van der Waals surface area contributed by atoms with E-state index in [0.717, 1.165) is 18.4 Å². The molecule has 6 nitrogen and oxygen atoms in total. The van der Waals surface area contributed by atoms with Crippen molar-refractivity contribution in [2.24, 2.45) is 5.92 Å². The second kappa shape index (κ2) is 7.49. The van der Waals surface area contributed by atoms with Gasteiger partial charge in [-0.25, -0.2) is 4.98 Å². The Labute approximate surface area is 147 Å². The molecule has 3 unspecified atom stereocenters. The van der Waals surface area contributed by atoms with Crippen LogP contribution in [0.25, 0.3) is 0 Å². The third kappa shape index (κ3) is 4.05. The molecule has 3 heterocycles. The van der Waals surface area contributed by atoms with Gasteiger partial charge in [0.2, 0.25) is 11.8 Å². The summed E-state index contributed by atoms with van der Waals surface area (Å²) in [6.07, 6.45) is 4.00. The van der Waals surface area contributed by atoms with Gasteiger partial charge in [-0.3, -0.25) is 9.59 Å². The van der Waals surface area contributed by atoms with Crippen molar-refractivity contribution in [2.75, 3.05) is 25.0 Å². The number of nitrogens with zero attached hydrogens (tertiary/aromatic N) is 2. The lowest BCUT2D eigenvalue weighted by Gasteiger charge is -2.33. The Hall–Kier alpha value is -1.66. The van der Waals surface area contributed by atoms with Crippen LogP contribution in [0.15, 0.2) is 18.3 Å². The van der Waals surface area contributed by atoms with Crippen molar-refractivity contribution >= 4 is 29.2 Å². The third-order valence-electron chi connectivity index (χ3n) is 4.64. The van der Waals surface area contributed by atoms with Crippen LogP contribution in [-0.4, -0.2) is 52.8 Å². The number of piperidine rings is 1. The fourth-order valence-corrected chi connectivity index (χ4v) is 3.53. The fourth-order valence-electron chi connectivity index (χ4n) is 3.26. The molecule has 3 rings (SSSR count). The van der Waals surface area contributed by atoms with E-state index in [0.29, 0.717) is 31.9 Å². The smallest absolute Gasteiger partial charge is 0.239 e. The number of pyridine rings is 1. The lowest BCUT2D eigenvalue weighted by atomic mass is 9.96. The summed E-state index contributed by atoms with van der Waals surface area (Å²) >= 11 is 6.07. The van der Waals surface area contributed by atoms with Crippen molar-refractivity contribution in [3.05, 3.63) is 23.9 Å². The number of aromatic nitrogens is 1. The molecule has 2 fully saturated rings. The fraction of sp³-hybridized carbons (Fsp3) is 0.588. The minimum Gasteiger partial charge on any atom is -0.341 e. The normalized spacial score (nSPS) is 27.1. The van der Waals surface area contributed by atoms with Crippen molar-refractivity contribution < 1.29 is 9.59 Å². The summed E-state index contributed by atoms with van der Waals surface area (Å²) in [5, 5.41) is 6.02. The maximum absolute atomic E-state index is 12.6. The highest BCUT2D eigenvalue weighted by Crippen LogP contribution is 2.21. The molecule has 0 saturated carbocycles. The van der Waals surface area contributed by atoms with Crippen LogP contribution in [0.4, 0.5) is 5.82 Å². The Balaban J connectivity index is 1.57. The molecule has 2 aliphatic rings. The molecule has 24 heavy (non-hydrogen) atoms. The van der Waals surface area contributed by atoms with Crippen LogP contribution in [0, 0.1) is 12.8 Å². The second-order valence-electron chi connectivity index (χ2n) is 6.63. The van der Waals surface area contributed by atoms with E-state index in [1.54, 1.807) is 17.2 Å². The Kier molecular flexibility index (Phi) is 5.36. The SMILES string of the molecule is Cc1ccc(NC(=O)C2CCCN(C(=O)C3CC(Cl)CN3)C2)nc1. The summed E-state index contributed by atoms with van der Waals surface area (Å²) in [5.74, 6) is 0.345. The minimum atomic E-state index is -0.215. The summed E-state index contributed by atoms with van der Waals surface area (Å²) in [6, 6.07) is 3.49. The average molecular weight is 351 g/mol. The highest BCUT2D eigenvalue weighted by atomic mass is 35.5. The quantitative estimate of drug-likeness (QED) is 0.811. The molecule has 0 aromatic carbocycles. The van der Waals surface area contributed by atoms with E-state index < -0.39 is 0 Å². The molecule has 1 aromatic rings. The number of rotatable bonds is 3. The predicted molar refractivity (Wildman–Crippen MR) is 93.0 cm³/mol. The first-order chi connectivity index (χ1) is 11.5. The molecular formula is C17H23ClN4O2. The number of likely N-dealkylation sites (tertiary alicyclic amines) is 1.